The van der Waals surface area contributed by atoms with Gasteiger partial charge in [-0.25, -0.2) is 9.78 Å². The molecule has 0 aliphatic carbocycles. The van der Waals surface area contributed by atoms with E-state index in [2.05, 4.69) is 45.4 Å². The van der Waals surface area contributed by atoms with Gasteiger partial charge in [0.25, 0.3) is 5.91 Å². The van der Waals surface area contributed by atoms with Crippen molar-refractivity contribution in [2.45, 2.75) is 101 Å². The lowest BCUT2D eigenvalue weighted by Crippen LogP contribution is -2.38. The molecular weight excluding hydrogens is 654 g/mol. The first-order valence-electron chi connectivity index (χ1n) is 17.7. The van der Waals surface area contributed by atoms with E-state index in [1.165, 1.54) is 0 Å². The van der Waals surface area contributed by atoms with Crippen molar-refractivity contribution in [1.29, 1.82) is 0 Å². The molecule has 16 heteroatoms. The number of carbonyl (C=O) groups excluding carboxylic acids is 4. The zero-order valence-electron chi connectivity index (χ0n) is 29.1. The Morgan fingerprint density at radius 1 is 1.04 bits per heavy atom. The first-order chi connectivity index (χ1) is 23.7. The average molecular weight is 710 g/mol. The Kier molecular flexibility index (Phi) is 16.4. The third kappa shape index (κ3) is 13.0. The maximum atomic E-state index is 12.6. The molecule has 15 nitrogen and oxygen atoms in total. The van der Waals surface area contributed by atoms with Gasteiger partial charge in [0.15, 0.2) is 0 Å². The van der Waals surface area contributed by atoms with Gasteiger partial charge in [0.1, 0.15) is 11.9 Å². The number of nitrogens with one attached hydrogen (secondary N) is 5. The fraction of sp³-hybridized carbons (Fsp3) is 0.788. The summed E-state index contributed by atoms with van der Waals surface area (Å²) >= 11 is 1.89. The average Bonchev–Trinajstić information content (AvgIpc) is 3.86. The van der Waals surface area contributed by atoms with E-state index >= 15 is 0 Å². The molecule has 5 N–H and O–H groups in total. The number of urea groups is 1. The predicted molar refractivity (Wildman–Crippen MR) is 184 cm³/mol. The summed E-state index contributed by atoms with van der Waals surface area (Å²) in [6, 6.07) is 0.0163. The largest absolute Gasteiger partial charge is 0.377 e. The third-order valence-electron chi connectivity index (χ3n) is 8.87. The lowest BCUT2D eigenvalue weighted by Gasteiger charge is -2.16. The molecule has 7 atom stereocenters. The van der Waals surface area contributed by atoms with Gasteiger partial charge in [-0.05, 0) is 32.6 Å². The Balaban J connectivity index is 0.897. The molecule has 0 saturated carbocycles. The molecule has 49 heavy (non-hydrogen) atoms. The summed E-state index contributed by atoms with van der Waals surface area (Å²) in [5.74, 6) is 0.809. The van der Waals surface area contributed by atoms with E-state index in [4.69, 9.17) is 18.9 Å². The van der Waals surface area contributed by atoms with Gasteiger partial charge < -0.3 is 50.1 Å². The Morgan fingerprint density at radius 2 is 1.73 bits per heavy atom. The Hall–Kier alpha value is -2.92. The Labute approximate surface area is 293 Å². The van der Waals surface area contributed by atoms with Gasteiger partial charge in [0, 0.05) is 55.1 Å². The molecule has 1 aromatic heterocycles. The van der Waals surface area contributed by atoms with Crippen LogP contribution in [0.1, 0.15) is 82.4 Å². The van der Waals surface area contributed by atoms with Gasteiger partial charge in [0.2, 0.25) is 11.8 Å². The molecule has 276 valence electrons. The van der Waals surface area contributed by atoms with Crippen LogP contribution < -0.4 is 26.6 Å². The van der Waals surface area contributed by atoms with Gasteiger partial charge in [-0.15, -0.1) is 0 Å². The van der Waals surface area contributed by atoms with Crippen LogP contribution in [-0.2, 0) is 28.5 Å². The van der Waals surface area contributed by atoms with Crippen molar-refractivity contribution in [3.05, 3.63) is 18.2 Å². The van der Waals surface area contributed by atoms with Crippen molar-refractivity contribution in [2.24, 2.45) is 5.92 Å². The maximum Gasteiger partial charge on any atom is 0.315 e. The van der Waals surface area contributed by atoms with Gasteiger partial charge in [-0.2, -0.15) is 11.8 Å². The molecule has 0 bridgehead atoms. The second-order valence-electron chi connectivity index (χ2n) is 13.0. The van der Waals surface area contributed by atoms with E-state index in [9.17, 15) is 19.2 Å². The van der Waals surface area contributed by atoms with Crippen molar-refractivity contribution >= 4 is 35.5 Å². The summed E-state index contributed by atoms with van der Waals surface area (Å²) in [5.41, 5.74) is 0.296. The minimum absolute atomic E-state index is 0.0245. The monoisotopic (exact) mass is 709 g/mol. The molecule has 2 unspecified atom stereocenters. The van der Waals surface area contributed by atoms with Crippen LogP contribution in [0.2, 0.25) is 0 Å². The summed E-state index contributed by atoms with van der Waals surface area (Å²) < 4.78 is 24.4. The SMILES string of the molecule is CC[C@@H]1CC(C)[C@H](n2cnc(C(=O)NC(C)CC(=O)NCCOCCOCCOCCNC(=O)CCCC[C@@H]3SC[C@H]4NC(=O)N[C@@H]34)c2)O1. The fourth-order valence-electron chi connectivity index (χ4n) is 6.27. The van der Waals surface area contributed by atoms with Gasteiger partial charge >= 0.3 is 6.03 Å². The molecule has 4 rings (SSSR count). The van der Waals surface area contributed by atoms with Crippen LogP contribution in [0.5, 0.6) is 0 Å². The number of imidazole rings is 1. The van der Waals surface area contributed by atoms with Crippen LogP contribution in [0.4, 0.5) is 4.79 Å². The summed E-state index contributed by atoms with van der Waals surface area (Å²) in [4.78, 5) is 52.7. The Morgan fingerprint density at radius 3 is 2.43 bits per heavy atom. The topological polar surface area (TPSA) is 183 Å². The van der Waals surface area contributed by atoms with E-state index in [1.807, 2.05) is 16.3 Å². The summed E-state index contributed by atoms with van der Waals surface area (Å²) in [5, 5.41) is 14.9. The number of hydrogen-bond acceptors (Lipinski definition) is 10. The number of unbranched alkanes of at least 4 members (excludes halogenated alkanes) is 1. The number of rotatable bonds is 23. The highest BCUT2D eigenvalue weighted by Crippen LogP contribution is 2.35. The first-order valence-corrected chi connectivity index (χ1v) is 18.7. The molecule has 1 aromatic rings. The first kappa shape index (κ1) is 38.9. The summed E-state index contributed by atoms with van der Waals surface area (Å²) in [6.45, 7) is 9.23. The van der Waals surface area contributed by atoms with Gasteiger partial charge in [0.05, 0.1) is 64.2 Å². The number of aromatic nitrogens is 2. The van der Waals surface area contributed by atoms with Crippen LogP contribution in [0.15, 0.2) is 12.5 Å². The number of fused-ring (bicyclic) bond motifs is 1. The van der Waals surface area contributed by atoms with E-state index in [1.54, 1.807) is 19.4 Å². The van der Waals surface area contributed by atoms with Crippen molar-refractivity contribution in [3.63, 3.8) is 0 Å². The molecule has 3 aliphatic heterocycles. The van der Waals surface area contributed by atoms with E-state index in [0.29, 0.717) is 76.0 Å². The highest BCUT2D eigenvalue weighted by molar-refractivity contribution is 8.00. The van der Waals surface area contributed by atoms with Crippen LogP contribution in [0.25, 0.3) is 0 Å². The van der Waals surface area contributed by atoms with E-state index < -0.39 is 0 Å². The number of thioether (sulfide) groups is 1. The zero-order chi connectivity index (χ0) is 35.0. The quantitative estimate of drug-likeness (QED) is 0.0829. The van der Waals surface area contributed by atoms with Crippen LogP contribution in [-0.4, -0.2) is 121 Å². The Bertz CT molecular complexity index is 1210. The standard InChI is InChI=1S/C33H55N7O8S/c1-4-24-17-22(2)32(48-24)40-19-25(36-21-40)31(43)37-23(3)18-29(42)35-10-12-46-14-16-47-15-13-45-11-9-34-28(41)8-6-5-7-27-30-26(20-49-27)38-33(44)39-30/h19,21-24,26-27,30,32H,4-18,20H2,1-3H3,(H,34,41)(H,35,42)(H,37,43)(H2,38,39,44)/t22?,23?,24-,26-,27+,30-,32-/m1/s1. The van der Waals surface area contributed by atoms with Gasteiger partial charge in [-0.1, -0.05) is 20.3 Å². The van der Waals surface area contributed by atoms with Gasteiger partial charge in [-0.3, -0.25) is 14.4 Å². The maximum absolute atomic E-state index is 12.6. The number of ether oxygens (including phenoxy) is 4. The molecule has 4 heterocycles. The number of amides is 5. The van der Waals surface area contributed by atoms with Crippen molar-refractivity contribution in [3.8, 4) is 0 Å². The summed E-state index contributed by atoms with van der Waals surface area (Å²) in [7, 11) is 0. The van der Waals surface area contributed by atoms with Crippen molar-refractivity contribution < 1.29 is 38.1 Å². The minimum atomic E-state index is -0.362. The van der Waals surface area contributed by atoms with E-state index in [-0.39, 0.29) is 60.6 Å². The molecule has 5 amide bonds. The fourth-order valence-corrected chi connectivity index (χ4v) is 7.81. The minimum Gasteiger partial charge on any atom is -0.377 e. The molecule has 3 saturated heterocycles. The molecule has 3 aliphatic rings. The van der Waals surface area contributed by atoms with Crippen molar-refractivity contribution in [1.82, 2.24) is 36.1 Å². The predicted octanol–water partition coefficient (Wildman–Crippen LogP) is 1.73. The van der Waals surface area contributed by atoms with Crippen LogP contribution in [0.3, 0.4) is 0 Å². The highest BCUT2D eigenvalue weighted by Gasteiger charge is 2.42. The normalized spacial score (nSPS) is 25.0. The van der Waals surface area contributed by atoms with E-state index in [0.717, 1.165) is 37.9 Å². The number of hydrogen-bond donors (Lipinski definition) is 5. The molecule has 0 aromatic carbocycles. The number of carbonyl (C=O) groups is 4. The van der Waals surface area contributed by atoms with Crippen LogP contribution in [0, 0.1) is 5.92 Å². The molecule has 0 spiro atoms. The molecule has 0 radical (unpaired) electrons. The second-order valence-corrected chi connectivity index (χ2v) is 14.2. The van der Waals surface area contributed by atoms with Crippen LogP contribution >= 0.6 is 11.8 Å². The smallest absolute Gasteiger partial charge is 0.315 e. The highest BCUT2D eigenvalue weighted by atomic mass is 32.2. The zero-order valence-corrected chi connectivity index (χ0v) is 29.9. The second kappa shape index (κ2) is 20.7. The molecule has 3 fully saturated rings. The third-order valence-corrected chi connectivity index (χ3v) is 10.4. The lowest BCUT2D eigenvalue weighted by atomic mass is 10.0. The molecular formula is C33H55N7O8S. The lowest BCUT2D eigenvalue weighted by molar-refractivity contribution is -0.122. The summed E-state index contributed by atoms with van der Waals surface area (Å²) in [6.07, 6.45) is 8.78. The van der Waals surface area contributed by atoms with Crippen molar-refractivity contribution in [2.75, 3.05) is 58.5 Å². The number of nitrogens with zero attached hydrogens (tertiary/aromatic N) is 2.